The van der Waals surface area contributed by atoms with Crippen LogP contribution in [0.2, 0.25) is 0 Å². The maximum atomic E-state index is 5.50. The van der Waals surface area contributed by atoms with Crippen LogP contribution in [0.4, 0.5) is 5.82 Å². The van der Waals surface area contributed by atoms with Gasteiger partial charge in [-0.2, -0.15) is 0 Å². The average molecular weight is 437 g/mol. The van der Waals surface area contributed by atoms with Crippen LogP contribution < -0.4 is 15.5 Å². The lowest BCUT2D eigenvalue weighted by Gasteiger charge is -2.29. The molecule has 3 heterocycles. The summed E-state index contributed by atoms with van der Waals surface area (Å²) in [5.41, 5.74) is 2.50. The van der Waals surface area contributed by atoms with Gasteiger partial charge in [0.1, 0.15) is 5.82 Å². The first-order valence-electron chi connectivity index (χ1n) is 11.9. The van der Waals surface area contributed by atoms with E-state index >= 15 is 0 Å². The van der Waals surface area contributed by atoms with Crippen molar-refractivity contribution in [1.29, 1.82) is 0 Å². The van der Waals surface area contributed by atoms with Crippen LogP contribution in [0.1, 0.15) is 36.9 Å². The zero-order valence-corrected chi connectivity index (χ0v) is 19.2. The summed E-state index contributed by atoms with van der Waals surface area (Å²) in [4.78, 5) is 14.4. The Morgan fingerprint density at radius 3 is 2.56 bits per heavy atom. The van der Waals surface area contributed by atoms with Gasteiger partial charge in [0.25, 0.3) is 0 Å². The molecule has 0 bridgehead atoms. The second kappa shape index (κ2) is 11.8. The Balaban J connectivity index is 1.45. The summed E-state index contributed by atoms with van der Waals surface area (Å²) in [7, 11) is 0. The number of pyridine rings is 1. The predicted octanol–water partition coefficient (Wildman–Crippen LogP) is 2.81. The molecule has 0 aliphatic carbocycles. The Bertz CT molecular complexity index is 847. The van der Waals surface area contributed by atoms with Crippen molar-refractivity contribution in [2.75, 3.05) is 57.4 Å². The second-order valence-electron chi connectivity index (χ2n) is 8.33. The van der Waals surface area contributed by atoms with Crippen molar-refractivity contribution in [3.05, 3.63) is 59.8 Å². The van der Waals surface area contributed by atoms with E-state index in [1.807, 2.05) is 12.3 Å². The quantitative estimate of drug-likeness (QED) is 0.490. The number of hydrogen-bond acceptors (Lipinski definition) is 5. The highest BCUT2D eigenvalue weighted by Gasteiger charge is 2.23. The Morgan fingerprint density at radius 2 is 1.81 bits per heavy atom. The van der Waals surface area contributed by atoms with Crippen LogP contribution in [0.25, 0.3) is 0 Å². The molecule has 0 radical (unpaired) electrons. The lowest BCUT2D eigenvalue weighted by atomic mass is 10.1. The third-order valence-electron chi connectivity index (χ3n) is 6.16. The van der Waals surface area contributed by atoms with Gasteiger partial charge in [-0.15, -0.1) is 0 Å². The molecule has 2 saturated heterocycles. The normalized spacial score (nSPS) is 18.5. The number of benzene rings is 1. The van der Waals surface area contributed by atoms with E-state index in [-0.39, 0.29) is 0 Å². The Labute approximate surface area is 191 Å². The number of likely N-dealkylation sites (tertiary alicyclic amines) is 1. The number of aliphatic imine (C=N–C) groups is 1. The first-order chi connectivity index (χ1) is 15.8. The number of nitrogens with zero attached hydrogens (tertiary/aromatic N) is 4. The number of ether oxygens (including phenoxy) is 1. The van der Waals surface area contributed by atoms with E-state index in [1.165, 1.54) is 18.4 Å². The molecular weight excluding hydrogens is 400 g/mol. The summed E-state index contributed by atoms with van der Waals surface area (Å²) < 4.78 is 5.50. The smallest absolute Gasteiger partial charge is 0.191 e. The van der Waals surface area contributed by atoms with Gasteiger partial charge in [-0.1, -0.05) is 36.4 Å². The van der Waals surface area contributed by atoms with Crippen LogP contribution in [0.3, 0.4) is 0 Å². The summed E-state index contributed by atoms with van der Waals surface area (Å²) in [5, 5.41) is 7.02. The van der Waals surface area contributed by atoms with E-state index in [1.54, 1.807) is 0 Å². The fraction of sp³-hybridized carbons (Fsp3) is 0.520. The second-order valence-corrected chi connectivity index (χ2v) is 8.33. The third kappa shape index (κ3) is 5.99. The fourth-order valence-electron chi connectivity index (χ4n) is 4.50. The third-order valence-corrected chi connectivity index (χ3v) is 6.16. The van der Waals surface area contributed by atoms with E-state index in [0.29, 0.717) is 12.6 Å². The average Bonchev–Trinajstić information content (AvgIpc) is 3.39. The molecule has 2 aromatic rings. The van der Waals surface area contributed by atoms with Gasteiger partial charge in [-0.05, 0) is 44.5 Å². The van der Waals surface area contributed by atoms with Crippen molar-refractivity contribution in [2.45, 2.75) is 32.4 Å². The minimum Gasteiger partial charge on any atom is -0.378 e. The molecule has 7 heteroatoms. The van der Waals surface area contributed by atoms with E-state index < -0.39 is 0 Å². The minimum absolute atomic E-state index is 0.352. The van der Waals surface area contributed by atoms with Gasteiger partial charge < -0.3 is 20.3 Å². The van der Waals surface area contributed by atoms with Crippen LogP contribution in [0, 0.1) is 0 Å². The van der Waals surface area contributed by atoms with Gasteiger partial charge in [0.2, 0.25) is 0 Å². The van der Waals surface area contributed by atoms with Crippen molar-refractivity contribution in [3.8, 4) is 0 Å². The molecule has 2 aliphatic rings. The van der Waals surface area contributed by atoms with E-state index in [0.717, 1.165) is 69.8 Å². The summed E-state index contributed by atoms with van der Waals surface area (Å²) in [5.74, 6) is 1.87. The molecule has 0 amide bonds. The maximum Gasteiger partial charge on any atom is 0.191 e. The van der Waals surface area contributed by atoms with Crippen molar-refractivity contribution < 1.29 is 4.74 Å². The fourth-order valence-corrected chi connectivity index (χ4v) is 4.50. The molecule has 4 rings (SSSR count). The molecule has 1 aromatic carbocycles. The predicted molar refractivity (Wildman–Crippen MR) is 130 cm³/mol. The van der Waals surface area contributed by atoms with E-state index in [9.17, 15) is 0 Å². The Morgan fingerprint density at radius 1 is 1.03 bits per heavy atom. The number of aromatic nitrogens is 1. The van der Waals surface area contributed by atoms with Crippen LogP contribution >= 0.6 is 0 Å². The zero-order valence-electron chi connectivity index (χ0n) is 19.2. The summed E-state index contributed by atoms with van der Waals surface area (Å²) >= 11 is 0. The van der Waals surface area contributed by atoms with E-state index in [4.69, 9.17) is 9.73 Å². The summed E-state index contributed by atoms with van der Waals surface area (Å²) in [6, 6.07) is 15.3. The van der Waals surface area contributed by atoms with Gasteiger partial charge in [-0.3, -0.25) is 4.90 Å². The molecule has 0 saturated carbocycles. The number of rotatable bonds is 8. The molecule has 1 aromatic heterocycles. The molecule has 7 nitrogen and oxygen atoms in total. The number of hydrogen-bond donors (Lipinski definition) is 2. The van der Waals surface area contributed by atoms with Crippen molar-refractivity contribution in [3.63, 3.8) is 0 Å². The molecule has 1 atom stereocenters. The summed E-state index contributed by atoms with van der Waals surface area (Å²) in [6.07, 6.45) is 4.42. The van der Waals surface area contributed by atoms with Gasteiger partial charge in [0.15, 0.2) is 5.96 Å². The van der Waals surface area contributed by atoms with Crippen LogP contribution in [-0.4, -0.2) is 68.3 Å². The molecule has 2 aliphatic heterocycles. The molecule has 2 N–H and O–H groups in total. The minimum atomic E-state index is 0.352. The summed E-state index contributed by atoms with van der Waals surface area (Å²) in [6.45, 7) is 9.93. The number of nitrogens with one attached hydrogen (secondary N) is 2. The topological polar surface area (TPSA) is 65.0 Å². The Kier molecular flexibility index (Phi) is 8.34. The first-order valence-corrected chi connectivity index (χ1v) is 11.9. The highest BCUT2D eigenvalue weighted by Crippen LogP contribution is 2.24. The van der Waals surface area contributed by atoms with Gasteiger partial charge >= 0.3 is 0 Å². The molecule has 172 valence electrons. The number of anilines is 1. The van der Waals surface area contributed by atoms with Crippen molar-refractivity contribution >= 4 is 11.8 Å². The van der Waals surface area contributed by atoms with Crippen molar-refractivity contribution in [2.24, 2.45) is 4.99 Å². The number of morpholine rings is 1. The van der Waals surface area contributed by atoms with E-state index in [2.05, 4.69) is 68.7 Å². The Hall–Kier alpha value is -2.64. The molecular formula is C25H36N6O. The standard InChI is InChI=1S/C25H36N6O/c1-2-26-25(28-19-22-11-8-12-27-24(22)31-15-17-32-18-16-31)29-20-23(30-13-6-7-14-30)21-9-4-3-5-10-21/h3-5,8-12,23H,2,6-7,13-20H2,1H3,(H2,26,28,29). The monoisotopic (exact) mass is 436 g/mol. The van der Waals surface area contributed by atoms with Crippen LogP contribution in [0.15, 0.2) is 53.7 Å². The SMILES string of the molecule is CCNC(=NCc1cccnc1N1CCOCC1)NCC(c1ccccc1)N1CCCC1. The first kappa shape index (κ1) is 22.6. The molecule has 0 spiro atoms. The largest absolute Gasteiger partial charge is 0.378 e. The van der Waals surface area contributed by atoms with Crippen molar-refractivity contribution in [1.82, 2.24) is 20.5 Å². The van der Waals surface area contributed by atoms with Gasteiger partial charge in [-0.25, -0.2) is 9.98 Å². The highest BCUT2D eigenvalue weighted by molar-refractivity contribution is 5.79. The molecule has 32 heavy (non-hydrogen) atoms. The molecule has 1 unspecified atom stereocenters. The van der Waals surface area contributed by atoms with Gasteiger partial charge in [0.05, 0.1) is 25.8 Å². The van der Waals surface area contributed by atoms with Crippen LogP contribution in [-0.2, 0) is 11.3 Å². The highest BCUT2D eigenvalue weighted by atomic mass is 16.5. The lowest BCUT2D eigenvalue weighted by Crippen LogP contribution is -2.42. The maximum absolute atomic E-state index is 5.50. The lowest BCUT2D eigenvalue weighted by molar-refractivity contribution is 0.122. The van der Waals surface area contributed by atoms with Gasteiger partial charge in [0, 0.05) is 37.9 Å². The van der Waals surface area contributed by atoms with Crippen LogP contribution in [0.5, 0.6) is 0 Å². The zero-order chi connectivity index (χ0) is 22.0. The molecule has 2 fully saturated rings. The number of guanidine groups is 1.